The Morgan fingerprint density at radius 2 is 1.71 bits per heavy atom. The van der Waals surface area contributed by atoms with Gasteiger partial charge >= 0.3 is 24.9 Å². The van der Waals surface area contributed by atoms with E-state index < -0.39 is 30.3 Å². The Bertz CT molecular complexity index is 1060. The van der Waals surface area contributed by atoms with E-state index in [2.05, 4.69) is 0 Å². The van der Waals surface area contributed by atoms with Crippen molar-refractivity contribution in [1.29, 1.82) is 0 Å². The van der Waals surface area contributed by atoms with E-state index in [1.807, 2.05) is 0 Å². The predicted molar refractivity (Wildman–Crippen MR) is 115 cm³/mol. The summed E-state index contributed by atoms with van der Waals surface area (Å²) in [5.41, 5.74) is 0.872. The number of benzene rings is 2. The number of hydrogen-bond donors (Lipinski definition) is 4. The second-order valence-electron chi connectivity index (χ2n) is 8.00. The SMILES string of the molecule is CCOC(=O)C(C)(C)COc1c(-c2ccc3c(c2)COC3=O)ccc(OC(O)O)c1OC(O)O. The van der Waals surface area contributed by atoms with Crippen molar-refractivity contribution in [1.82, 2.24) is 0 Å². The zero-order chi connectivity index (χ0) is 25.0. The fourth-order valence-corrected chi connectivity index (χ4v) is 3.28. The first kappa shape index (κ1) is 25.2. The quantitative estimate of drug-likeness (QED) is 0.288. The van der Waals surface area contributed by atoms with Crippen LogP contribution >= 0.6 is 0 Å². The summed E-state index contributed by atoms with van der Waals surface area (Å²) in [5, 5.41) is 37.5. The van der Waals surface area contributed by atoms with Crippen LogP contribution in [-0.2, 0) is 20.9 Å². The summed E-state index contributed by atoms with van der Waals surface area (Å²) in [7, 11) is 0. The number of hydrogen-bond acceptors (Lipinski definition) is 11. The predicted octanol–water partition coefficient (Wildman–Crippen LogP) is 1.29. The molecule has 34 heavy (non-hydrogen) atoms. The molecule has 0 saturated heterocycles. The van der Waals surface area contributed by atoms with Crippen molar-refractivity contribution in [3.05, 3.63) is 41.5 Å². The van der Waals surface area contributed by atoms with Crippen molar-refractivity contribution < 1.29 is 53.7 Å². The Kier molecular flexibility index (Phi) is 7.62. The zero-order valence-electron chi connectivity index (χ0n) is 18.8. The van der Waals surface area contributed by atoms with Crippen LogP contribution in [0.4, 0.5) is 0 Å². The molecule has 184 valence electrons. The first-order valence-electron chi connectivity index (χ1n) is 10.4. The lowest BCUT2D eigenvalue weighted by Gasteiger charge is -2.25. The number of rotatable bonds is 10. The summed E-state index contributed by atoms with van der Waals surface area (Å²) in [6.45, 7) is 0.372. The minimum atomic E-state index is -2.31. The van der Waals surface area contributed by atoms with Gasteiger partial charge < -0.3 is 44.1 Å². The van der Waals surface area contributed by atoms with E-state index in [0.29, 0.717) is 22.3 Å². The molecule has 0 aliphatic carbocycles. The van der Waals surface area contributed by atoms with Gasteiger partial charge in [0.1, 0.15) is 13.2 Å². The van der Waals surface area contributed by atoms with Gasteiger partial charge in [-0.15, -0.1) is 0 Å². The number of fused-ring (bicyclic) bond motifs is 1. The first-order valence-corrected chi connectivity index (χ1v) is 10.4. The number of esters is 2. The minimum absolute atomic E-state index is 0.0752. The van der Waals surface area contributed by atoms with Gasteiger partial charge in [-0.25, -0.2) is 4.79 Å². The van der Waals surface area contributed by atoms with Crippen molar-refractivity contribution in [2.75, 3.05) is 13.2 Å². The molecule has 0 radical (unpaired) electrons. The van der Waals surface area contributed by atoms with Crippen LogP contribution in [0.2, 0.25) is 0 Å². The van der Waals surface area contributed by atoms with Crippen molar-refractivity contribution in [3.8, 4) is 28.4 Å². The third kappa shape index (κ3) is 5.57. The van der Waals surface area contributed by atoms with Crippen LogP contribution in [0.15, 0.2) is 30.3 Å². The van der Waals surface area contributed by atoms with Crippen LogP contribution in [0.5, 0.6) is 17.2 Å². The van der Waals surface area contributed by atoms with Crippen LogP contribution in [-0.4, -0.2) is 58.5 Å². The summed E-state index contributed by atoms with van der Waals surface area (Å²) in [6, 6.07) is 7.73. The average Bonchev–Trinajstić information content (AvgIpc) is 3.13. The molecule has 0 saturated carbocycles. The van der Waals surface area contributed by atoms with E-state index in [1.165, 1.54) is 12.1 Å². The van der Waals surface area contributed by atoms with Crippen molar-refractivity contribution >= 4 is 11.9 Å². The van der Waals surface area contributed by atoms with E-state index in [9.17, 15) is 30.0 Å². The minimum Gasteiger partial charge on any atom is -0.488 e. The number of ether oxygens (including phenoxy) is 5. The fourth-order valence-electron chi connectivity index (χ4n) is 3.28. The van der Waals surface area contributed by atoms with E-state index in [-0.39, 0.29) is 37.1 Å². The Hall–Kier alpha value is -3.38. The largest absolute Gasteiger partial charge is 0.488 e. The third-order valence-corrected chi connectivity index (χ3v) is 4.93. The lowest BCUT2D eigenvalue weighted by atomic mass is 9.95. The van der Waals surface area contributed by atoms with Crippen LogP contribution in [0.3, 0.4) is 0 Å². The maximum atomic E-state index is 12.3. The molecule has 2 aromatic rings. The summed E-state index contributed by atoms with van der Waals surface area (Å²) in [6.07, 6.45) is 0. The highest BCUT2D eigenvalue weighted by atomic mass is 16.8. The van der Waals surface area contributed by atoms with Gasteiger partial charge in [-0.1, -0.05) is 6.07 Å². The molecule has 0 unspecified atom stereocenters. The molecule has 4 N–H and O–H groups in total. The average molecular weight is 478 g/mol. The topological polar surface area (TPSA) is 161 Å². The number of aliphatic hydroxyl groups excluding tert-OH is 2. The first-order chi connectivity index (χ1) is 16.0. The van der Waals surface area contributed by atoms with Gasteiger partial charge in [0.15, 0.2) is 11.5 Å². The van der Waals surface area contributed by atoms with Crippen molar-refractivity contribution in [2.24, 2.45) is 5.41 Å². The second kappa shape index (κ2) is 10.3. The number of aliphatic hydroxyl groups is 4. The van der Waals surface area contributed by atoms with E-state index >= 15 is 0 Å². The summed E-state index contributed by atoms with van der Waals surface area (Å²) in [5.74, 6) is -1.66. The van der Waals surface area contributed by atoms with Crippen molar-refractivity contribution in [3.63, 3.8) is 0 Å². The van der Waals surface area contributed by atoms with Gasteiger partial charge in [0, 0.05) is 11.1 Å². The smallest absolute Gasteiger partial charge is 0.338 e. The lowest BCUT2D eigenvalue weighted by molar-refractivity contribution is -0.193. The number of cyclic esters (lactones) is 1. The molecular formula is C23H26O11. The molecule has 0 spiro atoms. The monoisotopic (exact) mass is 478 g/mol. The standard InChI is InChI=1S/C23H26O11/c1-4-30-20(25)23(2,3)11-32-17-14(12-5-6-15-13(9-12)10-31-19(15)24)7-8-16(33-21(26)27)18(17)34-22(28)29/h5-9,21-22,26-29H,4,10-11H2,1-3H3. The molecule has 11 heteroatoms. The highest BCUT2D eigenvalue weighted by Gasteiger charge is 2.32. The summed E-state index contributed by atoms with van der Waals surface area (Å²) < 4.78 is 26.0. The van der Waals surface area contributed by atoms with E-state index in [4.69, 9.17) is 23.7 Å². The van der Waals surface area contributed by atoms with Crippen molar-refractivity contribution in [2.45, 2.75) is 40.3 Å². The van der Waals surface area contributed by atoms with Crippen LogP contribution < -0.4 is 14.2 Å². The normalized spacial score (nSPS) is 13.0. The van der Waals surface area contributed by atoms with Crippen LogP contribution in [0.25, 0.3) is 11.1 Å². The zero-order valence-corrected chi connectivity index (χ0v) is 18.8. The molecule has 2 aromatic carbocycles. The molecule has 0 amide bonds. The summed E-state index contributed by atoms with van der Waals surface area (Å²) in [4.78, 5) is 24.1. The molecule has 11 nitrogen and oxygen atoms in total. The van der Waals surface area contributed by atoms with Gasteiger partial charge in [-0.2, -0.15) is 0 Å². The molecule has 1 heterocycles. The molecular weight excluding hydrogens is 452 g/mol. The van der Waals surface area contributed by atoms with E-state index in [0.717, 1.165) is 0 Å². The van der Waals surface area contributed by atoms with Gasteiger partial charge in [-0.05, 0) is 50.6 Å². The molecule has 1 aliphatic heterocycles. The second-order valence-corrected chi connectivity index (χ2v) is 8.00. The van der Waals surface area contributed by atoms with Gasteiger partial charge in [-0.3, -0.25) is 4.79 Å². The number of carbonyl (C=O) groups is 2. The Morgan fingerprint density at radius 1 is 1.03 bits per heavy atom. The fraction of sp³-hybridized carbons (Fsp3) is 0.391. The maximum Gasteiger partial charge on any atom is 0.338 e. The van der Waals surface area contributed by atoms with Crippen LogP contribution in [0, 0.1) is 5.41 Å². The summed E-state index contributed by atoms with van der Waals surface area (Å²) >= 11 is 0. The van der Waals surface area contributed by atoms with Crippen LogP contribution in [0.1, 0.15) is 36.7 Å². The third-order valence-electron chi connectivity index (χ3n) is 4.93. The Morgan fingerprint density at radius 3 is 2.35 bits per heavy atom. The van der Waals surface area contributed by atoms with Gasteiger partial charge in [0.25, 0.3) is 0 Å². The molecule has 0 bridgehead atoms. The lowest BCUT2D eigenvalue weighted by Crippen LogP contribution is -2.33. The highest BCUT2D eigenvalue weighted by Crippen LogP contribution is 2.46. The molecule has 0 fully saturated rings. The van der Waals surface area contributed by atoms with Gasteiger partial charge in [0.05, 0.1) is 17.6 Å². The highest BCUT2D eigenvalue weighted by molar-refractivity contribution is 5.94. The van der Waals surface area contributed by atoms with E-state index in [1.54, 1.807) is 39.0 Å². The molecule has 0 aromatic heterocycles. The molecule has 1 aliphatic rings. The number of carbonyl (C=O) groups excluding carboxylic acids is 2. The Balaban J connectivity index is 2.11. The molecule has 3 rings (SSSR count). The Labute approximate surface area is 195 Å². The molecule has 0 atom stereocenters. The van der Waals surface area contributed by atoms with Gasteiger partial charge in [0.2, 0.25) is 5.75 Å². The maximum absolute atomic E-state index is 12.3.